The molecular formula is C12H23N3O3S. The van der Waals surface area contributed by atoms with Crippen molar-refractivity contribution >= 4 is 16.1 Å². The van der Waals surface area contributed by atoms with Gasteiger partial charge in [-0.1, -0.05) is 12.8 Å². The van der Waals surface area contributed by atoms with Crippen molar-refractivity contribution in [2.75, 3.05) is 27.2 Å². The fourth-order valence-corrected chi connectivity index (χ4v) is 3.57. The van der Waals surface area contributed by atoms with Gasteiger partial charge in [-0.25, -0.2) is 4.72 Å². The lowest BCUT2D eigenvalue weighted by molar-refractivity contribution is -0.129. The Balaban J connectivity index is 1.86. The Hall–Kier alpha value is -0.660. The molecule has 1 heterocycles. The number of nitrogens with zero attached hydrogens (tertiary/aromatic N) is 2. The van der Waals surface area contributed by atoms with Crippen LogP contribution in [0.5, 0.6) is 0 Å². The van der Waals surface area contributed by atoms with Gasteiger partial charge in [-0.3, -0.25) is 4.79 Å². The number of likely N-dealkylation sites (tertiary alicyclic amines) is 1. The van der Waals surface area contributed by atoms with Crippen LogP contribution >= 0.6 is 0 Å². The minimum absolute atomic E-state index is 0.0998. The lowest BCUT2D eigenvalue weighted by Gasteiger charge is -2.24. The molecule has 19 heavy (non-hydrogen) atoms. The van der Waals surface area contributed by atoms with E-state index in [9.17, 15) is 13.2 Å². The molecule has 1 aliphatic carbocycles. The first-order chi connectivity index (χ1) is 8.90. The quantitative estimate of drug-likeness (QED) is 0.784. The Morgan fingerprint density at radius 1 is 1.32 bits per heavy atom. The molecule has 2 aliphatic rings. The standard InChI is InChI=1S/C12H23N3O3S/c1-14(2)19(17,18)13-8-10-7-12(16)15(9-10)11-5-3-4-6-11/h10-11,13H,3-9H2,1-2H3/t10-/m0/s1. The van der Waals surface area contributed by atoms with Crippen LogP contribution in [0.15, 0.2) is 0 Å². The van der Waals surface area contributed by atoms with Crippen LogP contribution in [0.25, 0.3) is 0 Å². The van der Waals surface area contributed by atoms with Gasteiger partial charge in [0, 0.05) is 39.6 Å². The molecule has 7 heteroatoms. The van der Waals surface area contributed by atoms with Gasteiger partial charge in [-0.05, 0) is 18.8 Å². The molecule has 1 aliphatic heterocycles. The topological polar surface area (TPSA) is 69.7 Å². The molecule has 0 aromatic rings. The molecule has 0 unspecified atom stereocenters. The van der Waals surface area contributed by atoms with Gasteiger partial charge in [-0.2, -0.15) is 12.7 Å². The van der Waals surface area contributed by atoms with Crippen LogP contribution in [-0.4, -0.2) is 56.8 Å². The van der Waals surface area contributed by atoms with Gasteiger partial charge < -0.3 is 4.90 Å². The van der Waals surface area contributed by atoms with Crippen LogP contribution < -0.4 is 4.72 Å². The van der Waals surface area contributed by atoms with Crippen molar-refractivity contribution < 1.29 is 13.2 Å². The van der Waals surface area contributed by atoms with Crippen LogP contribution in [-0.2, 0) is 15.0 Å². The maximum Gasteiger partial charge on any atom is 0.278 e. The Morgan fingerprint density at radius 3 is 2.53 bits per heavy atom. The van der Waals surface area contributed by atoms with E-state index < -0.39 is 10.2 Å². The number of rotatable bonds is 5. The van der Waals surface area contributed by atoms with Crippen molar-refractivity contribution in [3.8, 4) is 0 Å². The van der Waals surface area contributed by atoms with E-state index in [0.717, 1.165) is 17.1 Å². The first-order valence-electron chi connectivity index (χ1n) is 6.86. The van der Waals surface area contributed by atoms with E-state index >= 15 is 0 Å². The molecule has 2 rings (SSSR count). The molecule has 1 atom stereocenters. The Bertz CT molecular complexity index is 430. The summed E-state index contributed by atoms with van der Waals surface area (Å²) in [6.07, 6.45) is 5.06. The minimum atomic E-state index is -3.39. The highest BCUT2D eigenvalue weighted by Gasteiger charge is 2.35. The zero-order valence-corrected chi connectivity index (χ0v) is 12.4. The van der Waals surface area contributed by atoms with Gasteiger partial charge in [-0.15, -0.1) is 0 Å². The Kier molecular flexibility index (Phi) is 4.47. The second kappa shape index (κ2) is 5.76. The molecule has 0 spiro atoms. The van der Waals surface area contributed by atoms with Crippen molar-refractivity contribution in [3.63, 3.8) is 0 Å². The lowest BCUT2D eigenvalue weighted by Crippen LogP contribution is -2.39. The number of hydrogen-bond donors (Lipinski definition) is 1. The van der Waals surface area contributed by atoms with Crippen molar-refractivity contribution in [3.05, 3.63) is 0 Å². The first-order valence-corrected chi connectivity index (χ1v) is 8.31. The molecule has 1 saturated carbocycles. The molecule has 0 bridgehead atoms. The van der Waals surface area contributed by atoms with Gasteiger partial charge in [0.05, 0.1) is 0 Å². The molecule has 0 aromatic heterocycles. The summed E-state index contributed by atoms with van der Waals surface area (Å²) in [4.78, 5) is 13.9. The van der Waals surface area contributed by atoms with E-state index in [1.165, 1.54) is 26.9 Å². The van der Waals surface area contributed by atoms with Gasteiger partial charge in [0.1, 0.15) is 0 Å². The van der Waals surface area contributed by atoms with Crippen molar-refractivity contribution in [2.24, 2.45) is 5.92 Å². The zero-order chi connectivity index (χ0) is 14.0. The molecule has 1 amide bonds. The number of amides is 1. The summed E-state index contributed by atoms with van der Waals surface area (Å²) < 4.78 is 26.9. The van der Waals surface area contributed by atoms with Gasteiger partial charge in [0.15, 0.2) is 0 Å². The van der Waals surface area contributed by atoms with E-state index in [-0.39, 0.29) is 11.8 Å². The third-order valence-corrected chi connectivity index (χ3v) is 5.53. The summed E-state index contributed by atoms with van der Waals surface area (Å²) in [5, 5.41) is 0. The lowest BCUT2D eigenvalue weighted by atomic mass is 10.1. The zero-order valence-electron chi connectivity index (χ0n) is 11.6. The summed E-state index contributed by atoms with van der Waals surface area (Å²) in [7, 11) is -0.400. The number of hydrogen-bond acceptors (Lipinski definition) is 3. The van der Waals surface area contributed by atoms with E-state index in [0.29, 0.717) is 25.6 Å². The number of carbonyl (C=O) groups is 1. The summed E-state index contributed by atoms with van der Waals surface area (Å²) in [5.41, 5.74) is 0. The first kappa shape index (κ1) is 14.7. The van der Waals surface area contributed by atoms with E-state index in [1.54, 1.807) is 0 Å². The average molecular weight is 289 g/mol. The molecule has 0 radical (unpaired) electrons. The molecule has 0 aromatic carbocycles. The summed E-state index contributed by atoms with van der Waals surface area (Å²) in [6, 6.07) is 0.392. The van der Waals surface area contributed by atoms with Crippen LogP contribution in [0.3, 0.4) is 0 Å². The second-order valence-corrected chi connectivity index (χ2v) is 7.66. The SMILES string of the molecule is CN(C)S(=O)(=O)NC[C@@H]1CC(=O)N(C2CCCC2)C1. The van der Waals surface area contributed by atoms with Crippen LogP contribution in [0.1, 0.15) is 32.1 Å². The number of carbonyl (C=O) groups excluding carboxylic acids is 1. The third kappa shape index (κ3) is 3.46. The molecule has 110 valence electrons. The van der Waals surface area contributed by atoms with Crippen molar-refractivity contribution in [1.82, 2.24) is 13.9 Å². The normalized spacial score (nSPS) is 25.7. The van der Waals surface area contributed by atoms with Gasteiger partial charge >= 0.3 is 0 Å². The highest BCUT2D eigenvalue weighted by atomic mass is 32.2. The van der Waals surface area contributed by atoms with Crippen LogP contribution in [0.4, 0.5) is 0 Å². The van der Waals surface area contributed by atoms with E-state index in [2.05, 4.69) is 4.72 Å². The number of nitrogens with one attached hydrogen (secondary N) is 1. The Morgan fingerprint density at radius 2 is 1.95 bits per heavy atom. The highest BCUT2D eigenvalue weighted by Crippen LogP contribution is 2.29. The average Bonchev–Trinajstić information content (AvgIpc) is 2.95. The summed E-state index contributed by atoms with van der Waals surface area (Å²) in [6.45, 7) is 1.04. The monoisotopic (exact) mass is 289 g/mol. The molecule has 1 saturated heterocycles. The predicted octanol–water partition coefficient (Wildman–Crippen LogP) is 0.174. The molecule has 2 fully saturated rings. The Labute approximate surface area is 115 Å². The maximum atomic E-state index is 12.0. The van der Waals surface area contributed by atoms with E-state index in [1.807, 2.05) is 4.90 Å². The van der Waals surface area contributed by atoms with Gasteiger partial charge in [0.2, 0.25) is 5.91 Å². The highest BCUT2D eigenvalue weighted by molar-refractivity contribution is 7.87. The summed E-state index contributed by atoms with van der Waals surface area (Å²) >= 11 is 0. The largest absolute Gasteiger partial charge is 0.339 e. The van der Waals surface area contributed by atoms with Gasteiger partial charge in [0.25, 0.3) is 10.2 Å². The van der Waals surface area contributed by atoms with E-state index in [4.69, 9.17) is 0 Å². The fraction of sp³-hybridized carbons (Fsp3) is 0.917. The minimum Gasteiger partial charge on any atom is -0.339 e. The molecule has 1 N–H and O–H groups in total. The van der Waals surface area contributed by atoms with Crippen molar-refractivity contribution in [1.29, 1.82) is 0 Å². The van der Waals surface area contributed by atoms with Crippen molar-refractivity contribution in [2.45, 2.75) is 38.1 Å². The van der Waals surface area contributed by atoms with Crippen LogP contribution in [0, 0.1) is 5.92 Å². The molecule has 6 nitrogen and oxygen atoms in total. The second-order valence-electron chi connectivity index (χ2n) is 5.69. The smallest absolute Gasteiger partial charge is 0.278 e. The third-order valence-electron chi connectivity index (χ3n) is 4.04. The fourth-order valence-electron chi connectivity index (χ4n) is 2.87. The molecular weight excluding hydrogens is 266 g/mol. The predicted molar refractivity (Wildman–Crippen MR) is 72.7 cm³/mol. The van der Waals surface area contributed by atoms with Crippen LogP contribution in [0.2, 0.25) is 0 Å². The maximum absolute atomic E-state index is 12.0. The summed E-state index contributed by atoms with van der Waals surface area (Å²) in [5.74, 6) is 0.281.